The zero-order chi connectivity index (χ0) is 24.3. The average Bonchev–Trinajstić information content (AvgIpc) is 2.80. The van der Waals surface area contributed by atoms with Gasteiger partial charge in [0.05, 0.1) is 4.90 Å². The van der Waals surface area contributed by atoms with Crippen molar-refractivity contribution in [3.8, 4) is 0 Å². The predicted molar refractivity (Wildman–Crippen MR) is 132 cm³/mol. The number of carbonyl (C=O) groups excluding carboxylic acids is 2. The van der Waals surface area contributed by atoms with Crippen LogP contribution < -0.4 is 10.6 Å². The molecular weight excluding hydrogens is 450 g/mol. The van der Waals surface area contributed by atoms with Gasteiger partial charge in [-0.15, -0.1) is 0 Å². The van der Waals surface area contributed by atoms with Crippen molar-refractivity contribution in [2.75, 3.05) is 26.7 Å². The first-order valence-electron chi connectivity index (χ1n) is 12.5. The van der Waals surface area contributed by atoms with Crippen LogP contribution in [0.5, 0.6) is 0 Å². The summed E-state index contributed by atoms with van der Waals surface area (Å²) in [7, 11) is -2.15. The zero-order valence-electron chi connectivity index (χ0n) is 20.1. The Hall–Kier alpha value is -2.19. The quantitative estimate of drug-likeness (QED) is 0.370. The molecule has 34 heavy (non-hydrogen) atoms. The standard InChI is InChI=1S/C26H37N3O4S/c1-3-24(30)27-10-4-12-29(2)34(32,33)23-7-5-22(6-8-23)25(31)28-11-9-26-16-19-13-20(17-26)15-21(14-19)18-26/h3,5-8,19-21H,1,4,9-18H2,2H3,(H,27,30)(H,28,31). The van der Waals surface area contributed by atoms with Crippen molar-refractivity contribution in [2.45, 2.75) is 56.3 Å². The minimum absolute atomic E-state index is 0.148. The highest BCUT2D eigenvalue weighted by Crippen LogP contribution is 2.61. The fourth-order valence-corrected chi connectivity index (χ4v) is 8.01. The summed E-state index contributed by atoms with van der Waals surface area (Å²) in [6, 6.07) is 6.12. The Labute approximate surface area is 203 Å². The second kappa shape index (κ2) is 10.2. The van der Waals surface area contributed by atoms with Crippen molar-refractivity contribution in [3.63, 3.8) is 0 Å². The molecule has 4 saturated carbocycles. The molecule has 2 N–H and O–H groups in total. The fraction of sp³-hybridized carbons (Fsp3) is 0.615. The van der Waals surface area contributed by atoms with Gasteiger partial charge in [-0.1, -0.05) is 6.58 Å². The first kappa shape index (κ1) is 24.9. The number of nitrogens with zero attached hydrogens (tertiary/aromatic N) is 1. The number of rotatable bonds is 11. The average molecular weight is 488 g/mol. The van der Waals surface area contributed by atoms with Crippen LogP contribution in [0.25, 0.3) is 0 Å². The minimum atomic E-state index is -3.66. The molecule has 0 unspecified atom stereocenters. The largest absolute Gasteiger partial charge is 0.353 e. The second-order valence-electron chi connectivity index (χ2n) is 10.6. The van der Waals surface area contributed by atoms with Crippen LogP contribution in [0.15, 0.2) is 41.8 Å². The molecule has 2 amide bonds. The van der Waals surface area contributed by atoms with Crippen molar-refractivity contribution in [1.29, 1.82) is 0 Å². The van der Waals surface area contributed by atoms with E-state index in [1.807, 2.05) is 0 Å². The minimum Gasteiger partial charge on any atom is -0.353 e. The number of hydrogen-bond donors (Lipinski definition) is 2. The molecule has 0 heterocycles. The molecule has 4 fully saturated rings. The van der Waals surface area contributed by atoms with E-state index < -0.39 is 10.0 Å². The summed E-state index contributed by atoms with van der Waals surface area (Å²) >= 11 is 0. The van der Waals surface area contributed by atoms with Crippen LogP contribution in [0.2, 0.25) is 0 Å². The van der Waals surface area contributed by atoms with Gasteiger partial charge < -0.3 is 10.6 Å². The summed E-state index contributed by atoms with van der Waals surface area (Å²) in [6.07, 6.45) is 11.0. The smallest absolute Gasteiger partial charge is 0.251 e. The number of amides is 2. The predicted octanol–water partition coefficient (Wildman–Crippen LogP) is 3.34. The van der Waals surface area contributed by atoms with E-state index in [4.69, 9.17) is 0 Å². The van der Waals surface area contributed by atoms with Crippen LogP contribution in [0.3, 0.4) is 0 Å². The third kappa shape index (κ3) is 5.54. The van der Waals surface area contributed by atoms with Gasteiger partial charge >= 0.3 is 0 Å². The lowest BCUT2D eigenvalue weighted by Gasteiger charge is -2.57. The molecule has 1 aromatic rings. The molecule has 4 aliphatic rings. The van der Waals surface area contributed by atoms with Crippen LogP contribution in [0, 0.1) is 23.2 Å². The van der Waals surface area contributed by atoms with E-state index in [0.29, 0.717) is 30.5 Å². The number of nitrogens with one attached hydrogen (secondary N) is 2. The van der Waals surface area contributed by atoms with Crippen molar-refractivity contribution in [3.05, 3.63) is 42.5 Å². The number of sulfonamides is 1. The molecule has 8 heteroatoms. The number of hydrogen-bond acceptors (Lipinski definition) is 4. The molecule has 1 aromatic carbocycles. The molecular formula is C26H37N3O4S. The Morgan fingerprint density at radius 2 is 1.62 bits per heavy atom. The van der Waals surface area contributed by atoms with E-state index in [1.165, 1.54) is 68.1 Å². The molecule has 4 aliphatic carbocycles. The molecule has 0 aliphatic heterocycles. The van der Waals surface area contributed by atoms with Crippen LogP contribution in [0.4, 0.5) is 0 Å². The molecule has 5 rings (SSSR count). The van der Waals surface area contributed by atoms with Crippen LogP contribution >= 0.6 is 0 Å². The fourth-order valence-electron chi connectivity index (χ4n) is 6.80. The van der Waals surface area contributed by atoms with E-state index >= 15 is 0 Å². The van der Waals surface area contributed by atoms with Gasteiger partial charge in [-0.3, -0.25) is 9.59 Å². The lowest BCUT2D eigenvalue weighted by molar-refractivity contribution is -0.116. The van der Waals surface area contributed by atoms with Gasteiger partial charge in [-0.2, -0.15) is 0 Å². The Bertz CT molecular complexity index is 984. The highest BCUT2D eigenvalue weighted by molar-refractivity contribution is 7.89. The van der Waals surface area contributed by atoms with Crippen molar-refractivity contribution in [2.24, 2.45) is 23.2 Å². The summed E-state index contributed by atoms with van der Waals surface area (Å²) in [5.74, 6) is 2.28. The van der Waals surface area contributed by atoms with E-state index in [9.17, 15) is 18.0 Å². The maximum absolute atomic E-state index is 12.8. The monoisotopic (exact) mass is 487 g/mol. The van der Waals surface area contributed by atoms with E-state index in [2.05, 4.69) is 17.2 Å². The van der Waals surface area contributed by atoms with Crippen LogP contribution in [0.1, 0.15) is 61.7 Å². The summed E-state index contributed by atoms with van der Waals surface area (Å²) in [4.78, 5) is 24.0. The number of carbonyl (C=O) groups is 2. The van der Waals surface area contributed by atoms with Crippen molar-refractivity contribution >= 4 is 21.8 Å². The normalized spacial score (nSPS) is 27.5. The zero-order valence-corrected chi connectivity index (χ0v) is 20.9. The lowest BCUT2D eigenvalue weighted by atomic mass is 9.49. The summed E-state index contributed by atoms with van der Waals surface area (Å²) in [5.41, 5.74) is 0.901. The van der Waals surface area contributed by atoms with Gasteiger partial charge in [-0.05, 0) is 105 Å². The Balaban J connectivity index is 1.26. The molecule has 4 bridgehead atoms. The van der Waals surface area contributed by atoms with Crippen molar-refractivity contribution in [1.82, 2.24) is 14.9 Å². The van der Waals surface area contributed by atoms with Gasteiger partial charge in [-0.25, -0.2) is 12.7 Å². The highest BCUT2D eigenvalue weighted by atomic mass is 32.2. The molecule has 0 saturated heterocycles. The third-order valence-electron chi connectivity index (χ3n) is 8.07. The summed E-state index contributed by atoms with van der Waals surface area (Å²) < 4.78 is 26.9. The molecule has 0 spiro atoms. The van der Waals surface area contributed by atoms with E-state index in [-0.39, 0.29) is 23.3 Å². The Morgan fingerprint density at radius 3 is 2.18 bits per heavy atom. The Morgan fingerprint density at radius 1 is 1.03 bits per heavy atom. The highest BCUT2D eigenvalue weighted by Gasteiger charge is 2.50. The van der Waals surface area contributed by atoms with E-state index in [1.54, 1.807) is 12.1 Å². The topological polar surface area (TPSA) is 95.6 Å². The molecule has 0 radical (unpaired) electrons. The lowest BCUT2D eigenvalue weighted by Crippen LogP contribution is -2.47. The van der Waals surface area contributed by atoms with Gasteiger partial charge in [0.15, 0.2) is 0 Å². The Kier molecular flexibility index (Phi) is 7.48. The molecule has 0 atom stereocenters. The first-order valence-corrected chi connectivity index (χ1v) is 13.9. The van der Waals surface area contributed by atoms with Gasteiger partial charge in [0.25, 0.3) is 5.91 Å². The van der Waals surface area contributed by atoms with E-state index in [0.717, 1.165) is 24.2 Å². The number of benzene rings is 1. The molecule has 186 valence electrons. The third-order valence-corrected chi connectivity index (χ3v) is 9.94. The van der Waals surface area contributed by atoms with Gasteiger partial charge in [0.1, 0.15) is 0 Å². The summed E-state index contributed by atoms with van der Waals surface area (Å²) in [5, 5.41) is 5.69. The maximum atomic E-state index is 12.8. The SMILES string of the molecule is C=CC(=O)NCCCN(C)S(=O)(=O)c1ccc(C(=O)NCCC23CC4CC(CC(C4)C2)C3)cc1. The van der Waals surface area contributed by atoms with Crippen LogP contribution in [-0.2, 0) is 14.8 Å². The molecule has 7 nitrogen and oxygen atoms in total. The van der Waals surface area contributed by atoms with Crippen LogP contribution in [-0.4, -0.2) is 51.2 Å². The second-order valence-corrected chi connectivity index (χ2v) is 12.7. The summed E-state index contributed by atoms with van der Waals surface area (Å²) in [6.45, 7) is 4.69. The van der Waals surface area contributed by atoms with Gasteiger partial charge in [0, 0.05) is 32.2 Å². The first-order chi connectivity index (χ1) is 16.2. The van der Waals surface area contributed by atoms with Gasteiger partial charge in [0.2, 0.25) is 15.9 Å². The maximum Gasteiger partial charge on any atom is 0.251 e. The van der Waals surface area contributed by atoms with Crippen molar-refractivity contribution < 1.29 is 18.0 Å². The molecule has 0 aromatic heterocycles.